The summed E-state index contributed by atoms with van der Waals surface area (Å²) in [5.41, 5.74) is 4.41. The van der Waals surface area contributed by atoms with Gasteiger partial charge in [-0.05, 0) is 43.5 Å². The molecule has 9 heteroatoms. The number of hydrogen-bond acceptors (Lipinski definition) is 3. The number of rotatable bonds is 3. The zero-order chi connectivity index (χ0) is 16.5. The van der Waals surface area contributed by atoms with Crippen molar-refractivity contribution in [2.24, 2.45) is 11.7 Å². The molecule has 1 heterocycles. The Labute approximate surface area is 132 Å². The molecule has 1 saturated heterocycles. The monoisotopic (exact) mass is 356 g/mol. The van der Waals surface area contributed by atoms with Crippen molar-refractivity contribution in [2.45, 2.75) is 23.9 Å². The van der Waals surface area contributed by atoms with E-state index in [-0.39, 0.29) is 19.0 Å². The molecule has 0 aromatic heterocycles. The number of nitrogens with two attached hydrogens (primary N) is 1. The van der Waals surface area contributed by atoms with E-state index in [0.717, 1.165) is 18.6 Å². The summed E-state index contributed by atoms with van der Waals surface area (Å²) >= 11 is 5.52. The maximum atomic E-state index is 12.9. The quantitative estimate of drug-likeness (QED) is 0.905. The number of benzene rings is 1. The number of alkyl halides is 3. The summed E-state index contributed by atoms with van der Waals surface area (Å²) in [5.74, 6) is 0.0258. The van der Waals surface area contributed by atoms with Gasteiger partial charge in [0.1, 0.15) is 0 Å². The Bertz CT molecular complexity index is 649. The molecule has 2 rings (SSSR count). The van der Waals surface area contributed by atoms with Crippen LogP contribution in [-0.4, -0.2) is 32.4 Å². The maximum Gasteiger partial charge on any atom is 0.417 e. The second kappa shape index (κ2) is 6.35. The molecule has 4 nitrogen and oxygen atoms in total. The lowest BCUT2D eigenvalue weighted by Crippen LogP contribution is -2.42. The van der Waals surface area contributed by atoms with Gasteiger partial charge in [-0.15, -0.1) is 0 Å². The Balaban J connectivity index is 2.38. The van der Waals surface area contributed by atoms with Crippen molar-refractivity contribution in [3.05, 3.63) is 28.8 Å². The normalized spacial score (nSPS) is 21.0. The van der Waals surface area contributed by atoms with Crippen LogP contribution in [0.2, 0.25) is 5.02 Å². The zero-order valence-electron chi connectivity index (χ0n) is 11.6. The molecule has 1 unspecified atom stereocenters. The lowest BCUT2D eigenvalue weighted by atomic mass is 10.0. The molecule has 1 aromatic rings. The molecular formula is C13H16ClF3N2O2S. The Morgan fingerprint density at radius 3 is 2.64 bits per heavy atom. The van der Waals surface area contributed by atoms with Crippen molar-refractivity contribution >= 4 is 21.6 Å². The molecule has 1 fully saturated rings. The van der Waals surface area contributed by atoms with E-state index in [9.17, 15) is 21.6 Å². The predicted molar refractivity (Wildman–Crippen MR) is 77.0 cm³/mol. The molecule has 1 aliphatic rings. The number of hydrogen-bond donors (Lipinski definition) is 1. The minimum Gasteiger partial charge on any atom is -0.330 e. The van der Waals surface area contributed by atoms with Crippen molar-refractivity contribution in [3.63, 3.8) is 0 Å². The van der Waals surface area contributed by atoms with Crippen molar-refractivity contribution < 1.29 is 21.6 Å². The van der Waals surface area contributed by atoms with Crippen LogP contribution in [0.1, 0.15) is 18.4 Å². The van der Waals surface area contributed by atoms with Gasteiger partial charge < -0.3 is 5.73 Å². The van der Waals surface area contributed by atoms with Crippen molar-refractivity contribution in [1.82, 2.24) is 4.31 Å². The van der Waals surface area contributed by atoms with Crippen LogP contribution < -0.4 is 5.73 Å². The first kappa shape index (κ1) is 17.5. The highest BCUT2D eigenvalue weighted by molar-refractivity contribution is 7.89. The molecular weight excluding hydrogens is 341 g/mol. The number of halogens is 4. The lowest BCUT2D eigenvalue weighted by Gasteiger charge is -2.31. The molecule has 0 amide bonds. The summed E-state index contributed by atoms with van der Waals surface area (Å²) in [5, 5.41) is -0.523. The van der Waals surface area contributed by atoms with E-state index in [1.165, 1.54) is 4.31 Å². The molecule has 1 aromatic carbocycles. The lowest BCUT2D eigenvalue weighted by molar-refractivity contribution is -0.137. The van der Waals surface area contributed by atoms with E-state index in [2.05, 4.69) is 0 Å². The molecule has 2 N–H and O–H groups in total. The highest BCUT2D eigenvalue weighted by Gasteiger charge is 2.36. The molecule has 124 valence electrons. The van der Waals surface area contributed by atoms with Gasteiger partial charge in [0.05, 0.1) is 15.5 Å². The standard InChI is InChI=1S/C13H16ClF3N2O2S/c14-12-4-3-10(6-11(12)13(15,16)17)22(20,21)19-5-1-2-9(7-18)8-19/h3-4,6,9H,1-2,5,7-8,18H2. The van der Waals surface area contributed by atoms with Gasteiger partial charge in [-0.1, -0.05) is 11.6 Å². The first-order valence-electron chi connectivity index (χ1n) is 6.73. The van der Waals surface area contributed by atoms with Gasteiger partial charge in [-0.3, -0.25) is 0 Å². The molecule has 1 atom stereocenters. The third kappa shape index (κ3) is 3.56. The van der Waals surface area contributed by atoms with Gasteiger partial charge in [0.25, 0.3) is 0 Å². The van der Waals surface area contributed by atoms with Gasteiger partial charge in [0, 0.05) is 13.1 Å². The van der Waals surface area contributed by atoms with Crippen molar-refractivity contribution in [3.8, 4) is 0 Å². The van der Waals surface area contributed by atoms with Crippen LogP contribution in [0.5, 0.6) is 0 Å². The highest BCUT2D eigenvalue weighted by Crippen LogP contribution is 2.36. The summed E-state index contributed by atoms with van der Waals surface area (Å²) in [6.45, 7) is 0.853. The fraction of sp³-hybridized carbons (Fsp3) is 0.538. The van der Waals surface area contributed by atoms with E-state index in [1.807, 2.05) is 0 Å². The van der Waals surface area contributed by atoms with Crippen LogP contribution in [0.25, 0.3) is 0 Å². The maximum absolute atomic E-state index is 12.9. The molecule has 0 radical (unpaired) electrons. The fourth-order valence-electron chi connectivity index (χ4n) is 2.47. The van der Waals surface area contributed by atoms with Gasteiger partial charge in [0.15, 0.2) is 0 Å². The van der Waals surface area contributed by atoms with Crippen molar-refractivity contribution in [2.75, 3.05) is 19.6 Å². The van der Waals surface area contributed by atoms with Crippen LogP contribution in [0, 0.1) is 5.92 Å². The first-order chi connectivity index (χ1) is 10.2. The minimum atomic E-state index is -4.70. The zero-order valence-corrected chi connectivity index (χ0v) is 13.2. The topological polar surface area (TPSA) is 63.4 Å². The third-order valence-corrected chi connectivity index (χ3v) is 5.89. The smallest absolute Gasteiger partial charge is 0.330 e. The third-order valence-electron chi connectivity index (χ3n) is 3.70. The SMILES string of the molecule is NCC1CCCN(S(=O)(=O)c2ccc(Cl)c(C(F)(F)F)c2)C1. The fourth-order valence-corrected chi connectivity index (χ4v) is 4.27. The van der Waals surface area contributed by atoms with Crippen molar-refractivity contribution in [1.29, 1.82) is 0 Å². The van der Waals surface area contributed by atoms with Gasteiger partial charge in [0.2, 0.25) is 10.0 Å². The largest absolute Gasteiger partial charge is 0.417 e. The Morgan fingerprint density at radius 2 is 2.05 bits per heavy atom. The van der Waals surface area contributed by atoms with E-state index in [4.69, 9.17) is 17.3 Å². The molecule has 0 spiro atoms. The Morgan fingerprint density at radius 1 is 1.36 bits per heavy atom. The van der Waals surface area contributed by atoms with Crippen LogP contribution in [-0.2, 0) is 16.2 Å². The summed E-state index contributed by atoms with van der Waals surface area (Å²) in [6, 6.07) is 2.64. The van der Waals surface area contributed by atoms with E-state index < -0.39 is 31.7 Å². The average Bonchev–Trinajstić information content (AvgIpc) is 2.46. The number of piperidine rings is 1. The molecule has 0 bridgehead atoms. The second-order valence-electron chi connectivity index (χ2n) is 5.25. The summed E-state index contributed by atoms with van der Waals surface area (Å²) < 4.78 is 64.8. The minimum absolute atomic E-state index is 0.0258. The highest BCUT2D eigenvalue weighted by atomic mass is 35.5. The van der Waals surface area contributed by atoms with Crippen LogP contribution in [0.4, 0.5) is 13.2 Å². The van der Waals surface area contributed by atoms with E-state index >= 15 is 0 Å². The Kier molecular flexibility index (Phi) is 5.06. The van der Waals surface area contributed by atoms with Crippen LogP contribution in [0.15, 0.2) is 23.1 Å². The number of sulfonamides is 1. The Hall–Kier alpha value is -0.830. The van der Waals surface area contributed by atoms with E-state index in [1.54, 1.807) is 0 Å². The van der Waals surface area contributed by atoms with Gasteiger partial charge >= 0.3 is 6.18 Å². The molecule has 22 heavy (non-hydrogen) atoms. The predicted octanol–water partition coefficient (Wildman–Crippen LogP) is 2.72. The van der Waals surface area contributed by atoms with Crippen LogP contribution in [0.3, 0.4) is 0 Å². The molecule has 0 saturated carbocycles. The first-order valence-corrected chi connectivity index (χ1v) is 8.55. The summed E-state index contributed by atoms with van der Waals surface area (Å²) in [7, 11) is -3.99. The number of nitrogens with zero attached hydrogens (tertiary/aromatic N) is 1. The molecule has 0 aliphatic carbocycles. The second-order valence-corrected chi connectivity index (χ2v) is 7.59. The average molecular weight is 357 g/mol. The molecule has 1 aliphatic heterocycles. The van der Waals surface area contributed by atoms with Gasteiger partial charge in [-0.25, -0.2) is 8.42 Å². The van der Waals surface area contributed by atoms with E-state index in [0.29, 0.717) is 19.0 Å². The summed E-state index contributed by atoms with van der Waals surface area (Å²) in [6.07, 6.45) is -3.25. The van der Waals surface area contributed by atoms with Gasteiger partial charge in [-0.2, -0.15) is 17.5 Å². The summed E-state index contributed by atoms with van der Waals surface area (Å²) in [4.78, 5) is -0.401. The van der Waals surface area contributed by atoms with Crippen LogP contribution >= 0.6 is 11.6 Å².